The molecule has 1 rings (SSSR count). The van der Waals surface area contributed by atoms with Crippen molar-refractivity contribution in [2.24, 2.45) is 17.8 Å². The summed E-state index contributed by atoms with van der Waals surface area (Å²) in [6.07, 6.45) is -2.92. The highest BCUT2D eigenvalue weighted by molar-refractivity contribution is 5.78. The van der Waals surface area contributed by atoms with Crippen molar-refractivity contribution in [2.75, 3.05) is 7.11 Å². The minimum Gasteiger partial charge on any atom is -0.465 e. The van der Waals surface area contributed by atoms with Crippen LogP contribution in [0, 0.1) is 17.8 Å². The number of carbonyl (C=O) groups is 2. The summed E-state index contributed by atoms with van der Waals surface area (Å²) in [6, 6.07) is 0. The molecule has 5 nitrogen and oxygen atoms in total. The van der Waals surface area contributed by atoms with Crippen LogP contribution in [0.1, 0.15) is 41.0 Å². The van der Waals surface area contributed by atoms with E-state index in [4.69, 9.17) is 9.47 Å². The van der Waals surface area contributed by atoms with Crippen LogP contribution in [0.2, 0.25) is 0 Å². The molecule has 0 aliphatic carbocycles. The quantitative estimate of drug-likeness (QED) is 0.723. The second kappa shape index (κ2) is 7.55. The van der Waals surface area contributed by atoms with Crippen molar-refractivity contribution in [2.45, 2.75) is 65.3 Å². The second-order valence-corrected chi connectivity index (χ2v) is 6.25. The largest absolute Gasteiger partial charge is 0.465 e. The molecule has 2 unspecified atom stereocenters. The van der Waals surface area contributed by atoms with E-state index in [1.807, 2.05) is 6.92 Å². The summed E-state index contributed by atoms with van der Waals surface area (Å²) < 4.78 is 44.0. The van der Waals surface area contributed by atoms with Gasteiger partial charge in [-0.15, -0.1) is 0 Å². The van der Waals surface area contributed by atoms with Gasteiger partial charge in [-0.25, -0.2) is 9.18 Å². The van der Waals surface area contributed by atoms with E-state index < -0.39 is 48.0 Å². The fourth-order valence-electron chi connectivity index (χ4n) is 3.15. The highest BCUT2D eigenvalue weighted by Gasteiger charge is 2.60. The fraction of sp³-hybridized carbons (Fsp3) is 0.875. The first-order valence-corrected chi connectivity index (χ1v) is 7.86. The number of alkyl halides is 2. The lowest BCUT2D eigenvalue weighted by Crippen LogP contribution is -2.60. The third kappa shape index (κ3) is 3.82. The van der Waals surface area contributed by atoms with E-state index in [2.05, 4.69) is 4.74 Å². The van der Waals surface area contributed by atoms with Gasteiger partial charge in [0.25, 0.3) is 0 Å². The van der Waals surface area contributed by atoms with Gasteiger partial charge in [0, 0.05) is 12.8 Å². The summed E-state index contributed by atoms with van der Waals surface area (Å²) in [5.74, 6) is -6.51. The SMILES string of the molecule is CC[C@@H](OC(C)=O)[C@@H](C)C1O[C@@](F)(C(=O)OC)C(F)[C@@H](C)[C@H]1C. The molecular weight excluding hydrogens is 310 g/mol. The zero-order chi connectivity index (χ0) is 17.9. The maximum atomic E-state index is 14.8. The Bertz CT molecular complexity index is 444. The number of rotatable bonds is 5. The third-order valence-corrected chi connectivity index (χ3v) is 4.76. The van der Waals surface area contributed by atoms with Crippen molar-refractivity contribution in [3.63, 3.8) is 0 Å². The normalized spacial score (nSPS) is 36.9. The van der Waals surface area contributed by atoms with Crippen LogP contribution in [0.5, 0.6) is 0 Å². The van der Waals surface area contributed by atoms with Crippen LogP contribution in [0.15, 0.2) is 0 Å². The maximum Gasteiger partial charge on any atom is 0.375 e. The van der Waals surface area contributed by atoms with Crippen molar-refractivity contribution in [1.29, 1.82) is 0 Å². The van der Waals surface area contributed by atoms with Crippen molar-refractivity contribution >= 4 is 11.9 Å². The molecule has 0 bridgehead atoms. The highest BCUT2D eigenvalue weighted by Crippen LogP contribution is 2.44. The number of methoxy groups -OCH3 is 1. The molecule has 1 heterocycles. The van der Waals surface area contributed by atoms with Gasteiger partial charge >= 0.3 is 17.8 Å². The molecule has 7 heteroatoms. The van der Waals surface area contributed by atoms with E-state index in [-0.39, 0.29) is 5.92 Å². The van der Waals surface area contributed by atoms with Crippen LogP contribution < -0.4 is 0 Å². The molecule has 1 saturated heterocycles. The first-order chi connectivity index (χ1) is 10.6. The Kier molecular flexibility index (Phi) is 6.50. The minimum atomic E-state index is -3.14. The van der Waals surface area contributed by atoms with Gasteiger partial charge in [-0.05, 0) is 18.3 Å². The second-order valence-electron chi connectivity index (χ2n) is 6.25. The summed E-state index contributed by atoms with van der Waals surface area (Å²) in [5.41, 5.74) is 0. The van der Waals surface area contributed by atoms with E-state index in [1.165, 1.54) is 13.8 Å². The number of hydrogen-bond acceptors (Lipinski definition) is 5. The molecule has 0 N–H and O–H groups in total. The number of carbonyl (C=O) groups excluding carboxylic acids is 2. The van der Waals surface area contributed by atoms with Gasteiger partial charge in [0.1, 0.15) is 6.10 Å². The lowest BCUT2D eigenvalue weighted by atomic mass is 9.75. The van der Waals surface area contributed by atoms with Gasteiger partial charge in [-0.3, -0.25) is 4.79 Å². The van der Waals surface area contributed by atoms with E-state index in [0.29, 0.717) is 6.42 Å². The van der Waals surface area contributed by atoms with Gasteiger partial charge < -0.3 is 14.2 Å². The Labute approximate surface area is 135 Å². The van der Waals surface area contributed by atoms with Crippen molar-refractivity contribution in [1.82, 2.24) is 0 Å². The summed E-state index contributed by atoms with van der Waals surface area (Å²) >= 11 is 0. The van der Waals surface area contributed by atoms with Crippen molar-refractivity contribution in [3.05, 3.63) is 0 Å². The van der Waals surface area contributed by atoms with E-state index in [1.54, 1.807) is 13.8 Å². The van der Waals surface area contributed by atoms with Crippen LogP contribution in [-0.4, -0.2) is 43.3 Å². The molecule has 1 aliphatic heterocycles. The number of esters is 2. The molecule has 7 atom stereocenters. The smallest absolute Gasteiger partial charge is 0.375 e. The number of ether oxygens (including phenoxy) is 3. The zero-order valence-electron chi connectivity index (χ0n) is 14.5. The third-order valence-electron chi connectivity index (χ3n) is 4.76. The van der Waals surface area contributed by atoms with Gasteiger partial charge in [-0.2, -0.15) is 4.39 Å². The molecule has 23 heavy (non-hydrogen) atoms. The fourth-order valence-corrected chi connectivity index (χ4v) is 3.15. The summed E-state index contributed by atoms with van der Waals surface area (Å²) in [4.78, 5) is 22.9. The predicted molar refractivity (Wildman–Crippen MR) is 79.0 cm³/mol. The van der Waals surface area contributed by atoms with Crippen LogP contribution >= 0.6 is 0 Å². The topological polar surface area (TPSA) is 61.8 Å². The molecule has 134 valence electrons. The lowest BCUT2D eigenvalue weighted by molar-refractivity contribution is -0.284. The molecule has 0 amide bonds. The maximum absolute atomic E-state index is 14.8. The first kappa shape index (κ1) is 19.8. The van der Waals surface area contributed by atoms with Crippen LogP contribution in [0.25, 0.3) is 0 Å². The zero-order valence-corrected chi connectivity index (χ0v) is 14.5. The Morgan fingerprint density at radius 3 is 2.30 bits per heavy atom. The van der Waals surface area contributed by atoms with Crippen molar-refractivity contribution in [3.8, 4) is 0 Å². The number of halogens is 2. The molecule has 0 saturated carbocycles. The standard InChI is InChI=1S/C16H26F2O5/c1-7-12(22-11(5)19)10(4)13-8(2)9(3)14(17)16(18,23-13)15(20)21-6/h8-10,12-14H,7H2,1-6H3/t8-,9+,10-,12-,13?,14?,16-/m1/s1. The summed E-state index contributed by atoms with van der Waals surface area (Å²) in [6.45, 7) is 8.11. The number of hydrogen-bond donors (Lipinski definition) is 0. The Hall–Kier alpha value is -1.24. The first-order valence-electron chi connectivity index (χ1n) is 7.86. The highest BCUT2D eigenvalue weighted by atomic mass is 19.2. The van der Waals surface area contributed by atoms with Gasteiger partial charge in [0.2, 0.25) is 0 Å². The predicted octanol–water partition coefficient (Wildman–Crippen LogP) is 2.81. The van der Waals surface area contributed by atoms with E-state index in [9.17, 15) is 18.4 Å². The molecule has 0 aromatic carbocycles. The molecule has 0 radical (unpaired) electrons. The Morgan fingerprint density at radius 1 is 1.30 bits per heavy atom. The molecule has 1 aliphatic rings. The molecule has 1 fully saturated rings. The molecule has 0 aromatic rings. The summed E-state index contributed by atoms with van der Waals surface area (Å²) in [7, 11) is 0.981. The lowest BCUT2D eigenvalue weighted by Gasteiger charge is -2.46. The van der Waals surface area contributed by atoms with Gasteiger partial charge in [0.15, 0.2) is 6.17 Å². The van der Waals surface area contributed by atoms with E-state index >= 15 is 0 Å². The summed E-state index contributed by atoms with van der Waals surface area (Å²) in [5, 5.41) is 0. The van der Waals surface area contributed by atoms with Crippen LogP contribution in [0.4, 0.5) is 8.78 Å². The van der Waals surface area contributed by atoms with E-state index in [0.717, 1.165) is 7.11 Å². The monoisotopic (exact) mass is 336 g/mol. The van der Waals surface area contributed by atoms with Crippen LogP contribution in [-0.2, 0) is 23.8 Å². The average molecular weight is 336 g/mol. The van der Waals surface area contributed by atoms with Gasteiger partial charge in [0.05, 0.1) is 13.2 Å². The van der Waals surface area contributed by atoms with Crippen molar-refractivity contribution < 1.29 is 32.6 Å². The Morgan fingerprint density at radius 2 is 1.87 bits per heavy atom. The van der Waals surface area contributed by atoms with Crippen LogP contribution in [0.3, 0.4) is 0 Å². The molecule has 0 spiro atoms. The average Bonchev–Trinajstić information content (AvgIpc) is 2.52. The van der Waals surface area contributed by atoms with Gasteiger partial charge in [-0.1, -0.05) is 27.7 Å². The Balaban J connectivity index is 3.09. The minimum absolute atomic E-state index is 0.363. The molecule has 0 aromatic heterocycles. The molecular formula is C16H26F2O5.